The summed E-state index contributed by atoms with van der Waals surface area (Å²) in [6, 6.07) is 10.5. The zero-order valence-corrected chi connectivity index (χ0v) is 14.2. The summed E-state index contributed by atoms with van der Waals surface area (Å²) >= 11 is 0. The fraction of sp³-hybridized carbons (Fsp3) is 0.111. The highest BCUT2D eigenvalue weighted by molar-refractivity contribution is 6.08. The van der Waals surface area contributed by atoms with Crippen LogP contribution in [-0.4, -0.2) is 23.5 Å². The number of nitrogens with zero attached hydrogens (tertiary/aromatic N) is 1. The number of anilines is 1. The number of non-ortho nitro benzene ring substituents is 1. The highest BCUT2D eigenvalue weighted by atomic mass is 16.7. The van der Waals surface area contributed by atoms with Crippen LogP contribution in [0.5, 0.6) is 11.5 Å². The van der Waals surface area contributed by atoms with Crippen LogP contribution in [0.15, 0.2) is 48.2 Å². The molecule has 138 valence electrons. The molecule has 3 rings (SSSR count). The predicted molar refractivity (Wildman–Crippen MR) is 96.1 cm³/mol. The third kappa shape index (κ3) is 4.40. The normalized spacial score (nSPS) is 12.4. The maximum absolute atomic E-state index is 12.5. The standard InChI is InChI=1S/C18H15N3O6/c1-11(22)19-15(8-12-2-7-16-17(9-12)27-10-26-16)18(23)20-13-3-5-14(6-4-13)21(24)25/h2-9H,10H2,1H3,(H,19,22)(H,20,23). The maximum atomic E-state index is 12.5. The van der Waals surface area contributed by atoms with Gasteiger partial charge in [-0.1, -0.05) is 6.07 Å². The molecule has 2 amide bonds. The topological polar surface area (TPSA) is 120 Å². The Morgan fingerprint density at radius 1 is 1.11 bits per heavy atom. The van der Waals surface area contributed by atoms with Gasteiger partial charge in [-0.15, -0.1) is 0 Å². The van der Waals surface area contributed by atoms with Gasteiger partial charge in [0.25, 0.3) is 11.6 Å². The van der Waals surface area contributed by atoms with Gasteiger partial charge < -0.3 is 20.1 Å². The molecule has 27 heavy (non-hydrogen) atoms. The molecule has 0 unspecified atom stereocenters. The summed E-state index contributed by atoms with van der Waals surface area (Å²) in [5, 5.41) is 15.8. The minimum atomic E-state index is -0.572. The first-order valence-corrected chi connectivity index (χ1v) is 7.87. The number of amides is 2. The largest absolute Gasteiger partial charge is 0.454 e. The minimum absolute atomic E-state index is 0.0136. The minimum Gasteiger partial charge on any atom is -0.454 e. The molecule has 0 saturated carbocycles. The molecule has 2 aromatic rings. The Kier molecular flexibility index (Phi) is 5.02. The van der Waals surface area contributed by atoms with E-state index in [9.17, 15) is 19.7 Å². The zero-order valence-electron chi connectivity index (χ0n) is 14.2. The lowest BCUT2D eigenvalue weighted by atomic mass is 10.1. The summed E-state index contributed by atoms with van der Waals surface area (Å²) in [5.74, 6) is 0.155. The molecule has 1 aliphatic rings. The van der Waals surface area contributed by atoms with Crippen molar-refractivity contribution in [3.8, 4) is 11.5 Å². The van der Waals surface area contributed by atoms with E-state index in [1.54, 1.807) is 18.2 Å². The van der Waals surface area contributed by atoms with E-state index < -0.39 is 16.7 Å². The second-order valence-corrected chi connectivity index (χ2v) is 5.61. The summed E-state index contributed by atoms with van der Waals surface area (Å²) in [5.41, 5.74) is 0.903. The van der Waals surface area contributed by atoms with E-state index in [4.69, 9.17) is 9.47 Å². The lowest BCUT2D eigenvalue weighted by molar-refractivity contribution is -0.384. The molecule has 1 heterocycles. The van der Waals surface area contributed by atoms with Gasteiger partial charge in [0.1, 0.15) is 5.70 Å². The van der Waals surface area contributed by atoms with Crippen molar-refractivity contribution in [3.63, 3.8) is 0 Å². The van der Waals surface area contributed by atoms with Crippen LogP contribution in [0.3, 0.4) is 0 Å². The fourth-order valence-electron chi connectivity index (χ4n) is 2.38. The Morgan fingerprint density at radius 3 is 2.48 bits per heavy atom. The second-order valence-electron chi connectivity index (χ2n) is 5.61. The Labute approximate surface area is 153 Å². The van der Waals surface area contributed by atoms with Crippen molar-refractivity contribution < 1.29 is 24.0 Å². The molecule has 0 aliphatic carbocycles. The van der Waals surface area contributed by atoms with Crippen molar-refractivity contribution in [2.24, 2.45) is 0 Å². The van der Waals surface area contributed by atoms with E-state index >= 15 is 0 Å². The van der Waals surface area contributed by atoms with E-state index in [1.165, 1.54) is 37.3 Å². The van der Waals surface area contributed by atoms with Gasteiger partial charge in [0.05, 0.1) is 4.92 Å². The molecular formula is C18H15N3O6. The van der Waals surface area contributed by atoms with E-state index in [0.717, 1.165) is 0 Å². The predicted octanol–water partition coefficient (Wildman–Crippen LogP) is 2.44. The number of ether oxygens (including phenoxy) is 2. The molecule has 0 bridgehead atoms. The van der Waals surface area contributed by atoms with Crippen LogP contribution in [0.1, 0.15) is 12.5 Å². The first kappa shape index (κ1) is 17.9. The van der Waals surface area contributed by atoms with Crippen LogP contribution in [0.25, 0.3) is 6.08 Å². The smallest absolute Gasteiger partial charge is 0.272 e. The van der Waals surface area contributed by atoms with Gasteiger partial charge in [-0.3, -0.25) is 19.7 Å². The lowest BCUT2D eigenvalue weighted by Crippen LogP contribution is -2.28. The van der Waals surface area contributed by atoms with Gasteiger partial charge in [-0.05, 0) is 35.9 Å². The summed E-state index contributed by atoms with van der Waals surface area (Å²) < 4.78 is 10.5. The number of rotatable bonds is 5. The molecule has 0 spiro atoms. The highest BCUT2D eigenvalue weighted by Crippen LogP contribution is 2.33. The van der Waals surface area contributed by atoms with Crippen LogP contribution in [0.2, 0.25) is 0 Å². The van der Waals surface area contributed by atoms with E-state index in [1.807, 2.05) is 0 Å². The molecular weight excluding hydrogens is 354 g/mol. The molecule has 0 aromatic heterocycles. The average Bonchev–Trinajstić information content (AvgIpc) is 3.09. The van der Waals surface area contributed by atoms with Gasteiger partial charge in [-0.2, -0.15) is 0 Å². The molecule has 0 saturated heterocycles. The van der Waals surface area contributed by atoms with Gasteiger partial charge in [0.15, 0.2) is 11.5 Å². The molecule has 0 fully saturated rings. The number of carbonyl (C=O) groups is 2. The monoisotopic (exact) mass is 369 g/mol. The van der Waals surface area contributed by atoms with Crippen molar-refractivity contribution in [1.29, 1.82) is 0 Å². The third-order valence-corrected chi connectivity index (χ3v) is 3.60. The summed E-state index contributed by atoms with van der Waals surface area (Å²) in [7, 11) is 0. The van der Waals surface area contributed by atoms with Crippen LogP contribution in [0.4, 0.5) is 11.4 Å². The molecule has 2 aromatic carbocycles. The zero-order chi connectivity index (χ0) is 19.4. The fourth-order valence-corrected chi connectivity index (χ4v) is 2.38. The molecule has 0 radical (unpaired) electrons. The summed E-state index contributed by atoms with van der Waals surface area (Å²) in [4.78, 5) is 34.1. The Hall–Kier alpha value is -3.88. The Bertz CT molecular complexity index is 937. The van der Waals surface area contributed by atoms with Crippen molar-refractivity contribution in [3.05, 3.63) is 63.8 Å². The number of fused-ring (bicyclic) bond motifs is 1. The number of benzene rings is 2. The Morgan fingerprint density at radius 2 is 1.81 bits per heavy atom. The van der Waals surface area contributed by atoms with Crippen LogP contribution >= 0.6 is 0 Å². The van der Waals surface area contributed by atoms with E-state index in [0.29, 0.717) is 22.7 Å². The van der Waals surface area contributed by atoms with Gasteiger partial charge in [-0.25, -0.2) is 0 Å². The maximum Gasteiger partial charge on any atom is 0.272 e. The lowest BCUT2D eigenvalue weighted by Gasteiger charge is -2.10. The van der Waals surface area contributed by atoms with Gasteiger partial charge in [0, 0.05) is 24.7 Å². The number of carbonyl (C=O) groups excluding carboxylic acids is 2. The Balaban J connectivity index is 1.82. The van der Waals surface area contributed by atoms with Crippen molar-refractivity contribution >= 4 is 29.3 Å². The number of nitrogens with one attached hydrogen (secondary N) is 2. The van der Waals surface area contributed by atoms with Crippen LogP contribution in [0, 0.1) is 10.1 Å². The van der Waals surface area contributed by atoms with Gasteiger partial charge >= 0.3 is 0 Å². The number of hydrogen-bond donors (Lipinski definition) is 2. The van der Waals surface area contributed by atoms with E-state index in [-0.39, 0.29) is 18.2 Å². The van der Waals surface area contributed by atoms with Crippen molar-refractivity contribution in [1.82, 2.24) is 5.32 Å². The first-order valence-electron chi connectivity index (χ1n) is 7.87. The van der Waals surface area contributed by atoms with Crippen molar-refractivity contribution in [2.75, 3.05) is 12.1 Å². The highest BCUT2D eigenvalue weighted by Gasteiger charge is 2.16. The number of nitro groups is 1. The molecule has 9 heteroatoms. The van der Waals surface area contributed by atoms with Gasteiger partial charge in [0.2, 0.25) is 12.7 Å². The van der Waals surface area contributed by atoms with Crippen LogP contribution in [-0.2, 0) is 9.59 Å². The molecule has 9 nitrogen and oxygen atoms in total. The average molecular weight is 369 g/mol. The molecule has 0 atom stereocenters. The third-order valence-electron chi connectivity index (χ3n) is 3.60. The number of nitro benzene ring substituents is 1. The molecule has 2 N–H and O–H groups in total. The quantitative estimate of drug-likeness (QED) is 0.474. The molecule has 1 aliphatic heterocycles. The van der Waals surface area contributed by atoms with E-state index in [2.05, 4.69) is 10.6 Å². The van der Waals surface area contributed by atoms with Crippen molar-refractivity contribution in [2.45, 2.75) is 6.92 Å². The SMILES string of the molecule is CC(=O)NC(=Cc1ccc2c(c1)OCO2)C(=O)Nc1ccc([N+](=O)[O-])cc1. The summed E-state index contributed by atoms with van der Waals surface area (Å²) in [6.45, 7) is 1.41. The first-order chi connectivity index (χ1) is 12.9. The van der Waals surface area contributed by atoms with Crippen LogP contribution < -0.4 is 20.1 Å². The summed E-state index contributed by atoms with van der Waals surface area (Å²) in [6.07, 6.45) is 1.49. The second kappa shape index (κ2) is 7.56. The number of hydrogen-bond acceptors (Lipinski definition) is 6.